The summed E-state index contributed by atoms with van der Waals surface area (Å²) in [6, 6.07) is 11.1. The summed E-state index contributed by atoms with van der Waals surface area (Å²) >= 11 is 6.16. The lowest BCUT2D eigenvalue weighted by Crippen LogP contribution is -2.23. The molecule has 0 radical (unpaired) electrons. The van der Waals surface area contributed by atoms with Crippen molar-refractivity contribution in [1.82, 2.24) is 9.55 Å². The topological polar surface area (TPSA) is 65.4 Å². The average molecular weight is 386 g/mol. The molecule has 0 atom stereocenters. The van der Waals surface area contributed by atoms with Gasteiger partial charge in [0.25, 0.3) is 5.56 Å². The van der Waals surface area contributed by atoms with E-state index in [1.54, 1.807) is 32.7 Å². The van der Waals surface area contributed by atoms with Crippen molar-refractivity contribution in [2.75, 3.05) is 19.5 Å². The Kier molecular flexibility index (Phi) is 5.66. The Bertz CT molecular complexity index is 1020. The van der Waals surface area contributed by atoms with Crippen LogP contribution in [0.4, 0.5) is 5.82 Å². The smallest absolute Gasteiger partial charge is 0.297 e. The van der Waals surface area contributed by atoms with Crippen LogP contribution in [0.3, 0.4) is 0 Å². The van der Waals surface area contributed by atoms with Crippen molar-refractivity contribution in [2.45, 2.75) is 13.5 Å². The molecule has 0 aliphatic rings. The van der Waals surface area contributed by atoms with Crippen molar-refractivity contribution in [3.8, 4) is 17.2 Å². The minimum absolute atomic E-state index is 0.245. The molecule has 1 aromatic heterocycles. The Balaban J connectivity index is 1.93. The van der Waals surface area contributed by atoms with Gasteiger partial charge in [-0.25, -0.2) is 4.98 Å². The van der Waals surface area contributed by atoms with Gasteiger partial charge >= 0.3 is 0 Å². The number of anilines is 1. The van der Waals surface area contributed by atoms with Crippen molar-refractivity contribution in [2.24, 2.45) is 0 Å². The summed E-state index contributed by atoms with van der Waals surface area (Å²) in [5.41, 5.74) is 2.16. The van der Waals surface area contributed by atoms with E-state index in [1.807, 2.05) is 37.3 Å². The number of benzene rings is 2. The zero-order chi connectivity index (χ0) is 19.4. The second-order valence-corrected chi connectivity index (χ2v) is 6.34. The van der Waals surface area contributed by atoms with E-state index in [2.05, 4.69) is 10.3 Å². The molecule has 0 bridgehead atoms. The van der Waals surface area contributed by atoms with Crippen molar-refractivity contribution >= 4 is 17.4 Å². The Morgan fingerprint density at radius 2 is 2.00 bits per heavy atom. The molecule has 2 aromatic carbocycles. The fourth-order valence-electron chi connectivity index (χ4n) is 2.69. The van der Waals surface area contributed by atoms with Crippen LogP contribution in [0.25, 0.3) is 5.69 Å². The first-order valence-electron chi connectivity index (χ1n) is 8.32. The van der Waals surface area contributed by atoms with E-state index in [0.717, 1.165) is 16.9 Å². The molecule has 0 aliphatic heterocycles. The highest BCUT2D eigenvalue weighted by Gasteiger charge is 2.13. The van der Waals surface area contributed by atoms with Gasteiger partial charge in [-0.1, -0.05) is 23.7 Å². The minimum Gasteiger partial charge on any atom is -0.497 e. The molecular weight excluding hydrogens is 366 g/mol. The highest BCUT2D eigenvalue weighted by Crippen LogP contribution is 2.29. The van der Waals surface area contributed by atoms with Crippen molar-refractivity contribution < 1.29 is 9.47 Å². The Hall–Kier alpha value is -2.99. The fourth-order valence-corrected chi connectivity index (χ4v) is 2.84. The number of nitrogens with one attached hydrogen (secondary N) is 1. The Morgan fingerprint density at radius 3 is 2.74 bits per heavy atom. The van der Waals surface area contributed by atoms with Gasteiger partial charge in [0.1, 0.15) is 11.5 Å². The molecule has 0 saturated heterocycles. The Morgan fingerprint density at radius 1 is 1.19 bits per heavy atom. The summed E-state index contributed by atoms with van der Waals surface area (Å²) in [5.74, 6) is 1.52. The van der Waals surface area contributed by atoms with Crippen LogP contribution < -0.4 is 20.3 Å². The first-order chi connectivity index (χ1) is 13.0. The van der Waals surface area contributed by atoms with Gasteiger partial charge in [-0.05, 0) is 36.2 Å². The molecule has 0 amide bonds. The van der Waals surface area contributed by atoms with E-state index in [0.29, 0.717) is 23.0 Å². The van der Waals surface area contributed by atoms with Crippen LogP contribution in [-0.2, 0) is 6.54 Å². The van der Waals surface area contributed by atoms with Gasteiger partial charge in [0, 0.05) is 30.0 Å². The standard InChI is InChI=1S/C20H20ClN3O3/c1-13-9-17(18(27-3)11-16(13)21)24-8-7-22-19(20(24)25)23-12-14-5-4-6-15(10-14)26-2/h4-11H,12H2,1-3H3,(H,22,23). The number of aryl methyl sites for hydroxylation is 1. The lowest BCUT2D eigenvalue weighted by molar-refractivity contribution is 0.412. The van der Waals surface area contributed by atoms with Crippen molar-refractivity contribution in [1.29, 1.82) is 0 Å². The van der Waals surface area contributed by atoms with Crippen LogP contribution in [0.5, 0.6) is 11.5 Å². The Labute approximate surface area is 162 Å². The maximum Gasteiger partial charge on any atom is 0.297 e. The highest BCUT2D eigenvalue weighted by molar-refractivity contribution is 6.31. The molecular formula is C20H20ClN3O3. The first kappa shape index (κ1) is 18.8. The summed E-state index contributed by atoms with van der Waals surface area (Å²) in [6.45, 7) is 2.32. The number of methoxy groups -OCH3 is 2. The van der Waals surface area contributed by atoms with Crippen LogP contribution in [0.1, 0.15) is 11.1 Å². The fraction of sp³-hybridized carbons (Fsp3) is 0.200. The molecule has 0 fully saturated rings. The van der Waals surface area contributed by atoms with Gasteiger partial charge in [0.2, 0.25) is 0 Å². The number of halogens is 1. The number of rotatable bonds is 6. The molecule has 140 valence electrons. The molecule has 0 spiro atoms. The van der Waals surface area contributed by atoms with E-state index in [1.165, 1.54) is 4.57 Å². The zero-order valence-corrected chi connectivity index (χ0v) is 16.1. The predicted octanol–water partition coefficient (Wildman–Crippen LogP) is 3.82. The molecule has 0 aliphatic carbocycles. The molecule has 1 heterocycles. The normalized spacial score (nSPS) is 10.5. The van der Waals surface area contributed by atoms with E-state index in [4.69, 9.17) is 21.1 Å². The summed E-state index contributed by atoms with van der Waals surface area (Å²) < 4.78 is 12.1. The molecule has 0 unspecified atom stereocenters. The monoisotopic (exact) mass is 385 g/mol. The second-order valence-electron chi connectivity index (χ2n) is 5.93. The second kappa shape index (κ2) is 8.14. The largest absolute Gasteiger partial charge is 0.497 e. The van der Waals surface area contributed by atoms with Crippen LogP contribution >= 0.6 is 11.6 Å². The summed E-state index contributed by atoms with van der Waals surface area (Å²) in [5, 5.41) is 3.67. The van der Waals surface area contributed by atoms with E-state index >= 15 is 0 Å². The van der Waals surface area contributed by atoms with Gasteiger partial charge in [-0.2, -0.15) is 0 Å². The molecule has 3 aromatic rings. The summed E-state index contributed by atoms with van der Waals surface area (Å²) in [6.07, 6.45) is 3.17. The van der Waals surface area contributed by atoms with E-state index in [9.17, 15) is 4.79 Å². The molecule has 6 nitrogen and oxygen atoms in total. The van der Waals surface area contributed by atoms with Crippen molar-refractivity contribution in [3.05, 3.63) is 75.3 Å². The first-order valence-corrected chi connectivity index (χ1v) is 8.70. The summed E-state index contributed by atoms with van der Waals surface area (Å²) in [4.78, 5) is 17.1. The van der Waals surface area contributed by atoms with Gasteiger partial charge in [0.05, 0.1) is 19.9 Å². The summed E-state index contributed by atoms with van der Waals surface area (Å²) in [7, 11) is 3.16. The van der Waals surface area contributed by atoms with Crippen LogP contribution in [-0.4, -0.2) is 23.8 Å². The predicted molar refractivity (Wildman–Crippen MR) is 106 cm³/mol. The molecule has 0 saturated carbocycles. The third-order valence-corrected chi connectivity index (χ3v) is 4.56. The van der Waals surface area contributed by atoms with Gasteiger partial charge in [-0.15, -0.1) is 0 Å². The van der Waals surface area contributed by atoms with Gasteiger partial charge < -0.3 is 14.8 Å². The lowest BCUT2D eigenvalue weighted by atomic mass is 10.2. The molecule has 1 N–H and O–H groups in total. The number of hydrogen-bond acceptors (Lipinski definition) is 5. The zero-order valence-electron chi connectivity index (χ0n) is 15.3. The van der Waals surface area contributed by atoms with E-state index < -0.39 is 0 Å². The maximum atomic E-state index is 12.9. The quantitative estimate of drug-likeness (QED) is 0.698. The average Bonchev–Trinajstić information content (AvgIpc) is 2.69. The molecule has 3 rings (SSSR count). The molecule has 27 heavy (non-hydrogen) atoms. The lowest BCUT2D eigenvalue weighted by Gasteiger charge is -2.14. The third kappa shape index (κ3) is 4.06. The van der Waals surface area contributed by atoms with Crippen molar-refractivity contribution in [3.63, 3.8) is 0 Å². The van der Waals surface area contributed by atoms with Crippen LogP contribution in [0.15, 0.2) is 53.6 Å². The third-order valence-electron chi connectivity index (χ3n) is 4.15. The van der Waals surface area contributed by atoms with Crippen LogP contribution in [0.2, 0.25) is 5.02 Å². The SMILES string of the molecule is COc1cccc(CNc2nccn(-c3cc(C)c(Cl)cc3OC)c2=O)c1. The minimum atomic E-state index is -0.277. The number of nitrogens with zero attached hydrogens (tertiary/aromatic N) is 2. The van der Waals surface area contributed by atoms with E-state index in [-0.39, 0.29) is 11.4 Å². The number of hydrogen-bond donors (Lipinski definition) is 1. The van der Waals surface area contributed by atoms with Gasteiger partial charge in [-0.3, -0.25) is 9.36 Å². The number of ether oxygens (including phenoxy) is 2. The maximum absolute atomic E-state index is 12.9. The van der Waals surface area contributed by atoms with Crippen LogP contribution in [0, 0.1) is 6.92 Å². The highest BCUT2D eigenvalue weighted by atomic mass is 35.5. The molecule has 7 heteroatoms. The number of aromatic nitrogens is 2. The van der Waals surface area contributed by atoms with Gasteiger partial charge in [0.15, 0.2) is 5.82 Å².